The molecule has 6 heteroatoms. The van der Waals surface area contributed by atoms with Crippen LogP contribution in [0.5, 0.6) is 0 Å². The number of rotatable bonds is 6. The summed E-state index contributed by atoms with van der Waals surface area (Å²) >= 11 is 1.56. The zero-order valence-corrected chi connectivity index (χ0v) is 14.9. The van der Waals surface area contributed by atoms with Gasteiger partial charge in [0.15, 0.2) is 0 Å². The van der Waals surface area contributed by atoms with Crippen LogP contribution in [-0.4, -0.2) is 21.0 Å². The van der Waals surface area contributed by atoms with Gasteiger partial charge in [-0.25, -0.2) is 4.98 Å². The molecule has 1 amide bonds. The standard InChI is InChI=1S/C18H21N3O2S/c1-12-4-7-17-20-15(9-21(17)8-12)10-24-11-18(22)19-14(3)16-6-5-13(2)23-16/h4-9,14H,10-11H2,1-3H3,(H,19,22). The van der Waals surface area contributed by atoms with Gasteiger partial charge in [0.2, 0.25) is 5.91 Å². The molecule has 0 saturated carbocycles. The molecule has 3 aromatic rings. The second-order valence-corrected chi connectivity index (χ2v) is 6.92. The van der Waals surface area contributed by atoms with Crippen LogP contribution in [-0.2, 0) is 10.5 Å². The SMILES string of the molecule is Cc1ccc2nc(CSCC(=O)NC(C)c3ccc(C)o3)cn2c1. The highest BCUT2D eigenvalue weighted by Crippen LogP contribution is 2.17. The summed E-state index contributed by atoms with van der Waals surface area (Å²) in [5.74, 6) is 2.74. The minimum Gasteiger partial charge on any atom is -0.464 e. The Balaban J connectivity index is 1.49. The molecular weight excluding hydrogens is 322 g/mol. The molecule has 3 aromatic heterocycles. The largest absolute Gasteiger partial charge is 0.464 e. The van der Waals surface area contributed by atoms with Gasteiger partial charge < -0.3 is 14.1 Å². The van der Waals surface area contributed by atoms with Crippen LogP contribution in [0.4, 0.5) is 0 Å². The predicted molar refractivity (Wildman–Crippen MR) is 96.1 cm³/mol. The van der Waals surface area contributed by atoms with E-state index in [9.17, 15) is 4.79 Å². The van der Waals surface area contributed by atoms with Crippen molar-refractivity contribution in [3.63, 3.8) is 0 Å². The van der Waals surface area contributed by atoms with Gasteiger partial charge in [-0.3, -0.25) is 4.79 Å². The number of aryl methyl sites for hydroxylation is 2. The molecule has 1 unspecified atom stereocenters. The van der Waals surface area contributed by atoms with E-state index >= 15 is 0 Å². The highest BCUT2D eigenvalue weighted by molar-refractivity contribution is 7.99. The molecule has 3 heterocycles. The number of amides is 1. The molecule has 24 heavy (non-hydrogen) atoms. The van der Waals surface area contributed by atoms with E-state index in [1.807, 2.05) is 48.7 Å². The number of pyridine rings is 1. The molecule has 0 aliphatic rings. The van der Waals surface area contributed by atoms with Gasteiger partial charge in [-0.1, -0.05) is 6.07 Å². The summed E-state index contributed by atoms with van der Waals surface area (Å²) in [4.78, 5) is 16.6. The molecule has 0 spiro atoms. The third kappa shape index (κ3) is 4.00. The lowest BCUT2D eigenvalue weighted by Gasteiger charge is -2.11. The van der Waals surface area contributed by atoms with Gasteiger partial charge in [0, 0.05) is 18.1 Å². The monoisotopic (exact) mass is 343 g/mol. The van der Waals surface area contributed by atoms with E-state index < -0.39 is 0 Å². The molecule has 0 radical (unpaired) electrons. The Morgan fingerprint density at radius 1 is 1.29 bits per heavy atom. The van der Waals surface area contributed by atoms with Crippen molar-refractivity contribution in [2.45, 2.75) is 32.6 Å². The second kappa shape index (κ2) is 7.13. The number of imidazole rings is 1. The van der Waals surface area contributed by atoms with Crippen LogP contribution < -0.4 is 5.32 Å². The quantitative estimate of drug-likeness (QED) is 0.742. The topological polar surface area (TPSA) is 59.5 Å². The second-order valence-electron chi connectivity index (χ2n) is 5.93. The molecule has 0 aliphatic heterocycles. The zero-order chi connectivity index (χ0) is 17.1. The first-order valence-corrected chi connectivity index (χ1v) is 9.04. The highest BCUT2D eigenvalue weighted by atomic mass is 32.2. The van der Waals surface area contributed by atoms with Gasteiger partial charge in [0.25, 0.3) is 0 Å². The number of carbonyl (C=O) groups excluding carboxylic acids is 1. The van der Waals surface area contributed by atoms with E-state index in [-0.39, 0.29) is 11.9 Å². The fourth-order valence-electron chi connectivity index (χ4n) is 2.51. The van der Waals surface area contributed by atoms with Crippen LogP contribution in [0.15, 0.2) is 41.1 Å². The summed E-state index contributed by atoms with van der Waals surface area (Å²) in [6.07, 6.45) is 4.07. The minimum atomic E-state index is -0.120. The third-order valence-corrected chi connectivity index (χ3v) is 4.66. The van der Waals surface area contributed by atoms with E-state index in [2.05, 4.69) is 23.4 Å². The normalized spacial score (nSPS) is 12.5. The van der Waals surface area contributed by atoms with Gasteiger partial charge in [-0.2, -0.15) is 0 Å². The molecule has 0 bridgehead atoms. The van der Waals surface area contributed by atoms with E-state index in [4.69, 9.17) is 4.42 Å². The Labute approximate surface area is 145 Å². The lowest BCUT2D eigenvalue weighted by Crippen LogP contribution is -2.28. The van der Waals surface area contributed by atoms with E-state index in [1.165, 1.54) is 5.56 Å². The lowest BCUT2D eigenvalue weighted by molar-refractivity contribution is -0.119. The maximum atomic E-state index is 12.0. The van der Waals surface area contributed by atoms with Gasteiger partial charge in [0.1, 0.15) is 17.2 Å². The van der Waals surface area contributed by atoms with Crippen molar-refractivity contribution in [3.8, 4) is 0 Å². The Bertz CT molecular complexity index is 853. The summed E-state index contributed by atoms with van der Waals surface area (Å²) in [5.41, 5.74) is 3.11. The number of nitrogens with one attached hydrogen (secondary N) is 1. The Morgan fingerprint density at radius 3 is 2.88 bits per heavy atom. The van der Waals surface area contributed by atoms with Gasteiger partial charge in [0.05, 0.1) is 17.5 Å². The maximum Gasteiger partial charge on any atom is 0.230 e. The van der Waals surface area contributed by atoms with Gasteiger partial charge >= 0.3 is 0 Å². The van der Waals surface area contributed by atoms with Crippen molar-refractivity contribution < 1.29 is 9.21 Å². The smallest absolute Gasteiger partial charge is 0.230 e. The first-order chi connectivity index (χ1) is 11.5. The third-order valence-electron chi connectivity index (χ3n) is 3.70. The van der Waals surface area contributed by atoms with Crippen molar-refractivity contribution in [2.75, 3.05) is 5.75 Å². The Morgan fingerprint density at radius 2 is 2.12 bits per heavy atom. The van der Waals surface area contributed by atoms with Crippen LogP contribution >= 0.6 is 11.8 Å². The van der Waals surface area contributed by atoms with Gasteiger partial charge in [-0.15, -0.1) is 11.8 Å². The van der Waals surface area contributed by atoms with Crippen LogP contribution in [0.3, 0.4) is 0 Å². The number of furan rings is 1. The summed E-state index contributed by atoms with van der Waals surface area (Å²) in [7, 11) is 0. The molecule has 0 saturated heterocycles. The first kappa shape index (κ1) is 16.6. The van der Waals surface area contributed by atoms with Crippen molar-refractivity contribution in [1.82, 2.24) is 14.7 Å². The van der Waals surface area contributed by atoms with E-state index in [0.29, 0.717) is 11.5 Å². The van der Waals surface area contributed by atoms with Crippen molar-refractivity contribution in [1.29, 1.82) is 0 Å². The number of carbonyl (C=O) groups is 1. The predicted octanol–water partition coefficient (Wildman–Crippen LogP) is 3.65. The minimum absolute atomic E-state index is 0.00108. The number of nitrogens with zero attached hydrogens (tertiary/aromatic N) is 2. The zero-order valence-electron chi connectivity index (χ0n) is 14.1. The number of hydrogen-bond donors (Lipinski definition) is 1. The fraction of sp³-hybridized carbons (Fsp3) is 0.333. The van der Waals surface area contributed by atoms with Crippen LogP contribution in [0.2, 0.25) is 0 Å². The lowest BCUT2D eigenvalue weighted by atomic mass is 10.2. The Kier molecular flexibility index (Phi) is 4.94. The fourth-order valence-corrected chi connectivity index (χ4v) is 3.23. The average Bonchev–Trinajstić information content (AvgIpc) is 3.12. The molecule has 126 valence electrons. The van der Waals surface area contributed by atoms with Crippen LogP contribution in [0, 0.1) is 13.8 Å². The molecule has 0 aliphatic carbocycles. The molecular formula is C18H21N3O2S. The molecule has 3 rings (SSSR count). The maximum absolute atomic E-state index is 12.0. The Hall–Kier alpha value is -2.21. The number of fused-ring (bicyclic) bond motifs is 1. The first-order valence-electron chi connectivity index (χ1n) is 7.89. The van der Waals surface area contributed by atoms with Crippen LogP contribution in [0.1, 0.15) is 35.7 Å². The highest BCUT2D eigenvalue weighted by Gasteiger charge is 2.13. The van der Waals surface area contributed by atoms with Gasteiger partial charge in [-0.05, 0) is 44.5 Å². The molecule has 0 fully saturated rings. The average molecular weight is 343 g/mol. The summed E-state index contributed by atoms with van der Waals surface area (Å²) in [5, 5.41) is 2.95. The van der Waals surface area contributed by atoms with Crippen molar-refractivity contribution >= 4 is 23.3 Å². The molecule has 5 nitrogen and oxygen atoms in total. The number of hydrogen-bond acceptors (Lipinski definition) is 4. The van der Waals surface area contributed by atoms with Crippen molar-refractivity contribution in [2.24, 2.45) is 0 Å². The number of thioether (sulfide) groups is 1. The van der Waals surface area contributed by atoms with Crippen molar-refractivity contribution in [3.05, 3.63) is 59.4 Å². The summed E-state index contributed by atoms with van der Waals surface area (Å²) in [6, 6.07) is 7.72. The molecule has 1 atom stereocenters. The molecule has 1 N–H and O–H groups in total. The van der Waals surface area contributed by atoms with E-state index in [0.717, 1.165) is 22.9 Å². The number of aromatic nitrogens is 2. The van der Waals surface area contributed by atoms with E-state index in [1.54, 1.807) is 11.8 Å². The molecule has 0 aromatic carbocycles. The van der Waals surface area contributed by atoms with Crippen LogP contribution in [0.25, 0.3) is 5.65 Å². The summed E-state index contributed by atoms with van der Waals surface area (Å²) < 4.78 is 7.55. The summed E-state index contributed by atoms with van der Waals surface area (Å²) in [6.45, 7) is 5.87.